The average molecular weight is 350 g/mol. The number of rotatable bonds is 6. The Morgan fingerprint density at radius 3 is 2.68 bits per heavy atom. The average Bonchev–Trinajstić information content (AvgIpc) is 2.33. The van der Waals surface area contributed by atoms with E-state index in [2.05, 4.69) is 26.6 Å². The Kier molecular flexibility index (Phi) is 6.66. The Labute approximate surface area is 124 Å². The second-order valence-corrected chi connectivity index (χ2v) is 5.17. The van der Waals surface area contributed by atoms with Crippen LogP contribution in [-0.2, 0) is 11.3 Å². The summed E-state index contributed by atoms with van der Waals surface area (Å²) < 4.78 is 0.874. The third-order valence-electron chi connectivity index (χ3n) is 2.31. The molecule has 104 valence electrons. The van der Waals surface area contributed by atoms with Crippen molar-refractivity contribution in [2.24, 2.45) is 0 Å². The van der Waals surface area contributed by atoms with E-state index >= 15 is 0 Å². The smallest absolute Gasteiger partial charge is 0.315 e. The van der Waals surface area contributed by atoms with E-state index in [-0.39, 0.29) is 12.5 Å². The number of hydrogen-bond donors (Lipinski definition) is 3. The van der Waals surface area contributed by atoms with Crippen molar-refractivity contribution < 1.29 is 14.7 Å². The van der Waals surface area contributed by atoms with Crippen molar-refractivity contribution in [1.82, 2.24) is 10.6 Å². The Morgan fingerprint density at radius 2 is 2.05 bits per heavy atom. The van der Waals surface area contributed by atoms with Gasteiger partial charge in [0.25, 0.3) is 0 Å². The molecule has 1 aromatic rings. The number of aliphatic carboxylic acids is 1. The molecular formula is C12H14BrClN2O3. The van der Waals surface area contributed by atoms with Gasteiger partial charge in [-0.2, -0.15) is 0 Å². The molecule has 0 saturated heterocycles. The van der Waals surface area contributed by atoms with Gasteiger partial charge in [-0.3, -0.25) is 4.79 Å². The van der Waals surface area contributed by atoms with E-state index in [0.29, 0.717) is 24.5 Å². The number of urea groups is 1. The summed E-state index contributed by atoms with van der Waals surface area (Å²) in [4.78, 5) is 21.7. The van der Waals surface area contributed by atoms with Crippen LogP contribution in [0.15, 0.2) is 22.7 Å². The molecule has 0 heterocycles. The zero-order valence-electron chi connectivity index (χ0n) is 10.1. The third-order valence-corrected chi connectivity index (χ3v) is 3.15. The molecule has 0 unspecified atom stereocenters. The first kappa shape index (κ1) is 15.8. The van der Waals surface area contributed by atoms with Crippen LogP contribution in [0.4, 0.5) is 4.79 Å². The Hall–Kier alpha value is -1.27. The molecule has 1 rings (SSSR count). The first-order valence-corrected chi connectivity index (χ1v) is 6.83. The van der Waals surface area contributed by atoms with Crippen molar-refractivity contribution in [3.63, 3.8) is 0 Å². The second kappa shape index (κ2) is 8.01. The summed E-state index contributed by atoms with van der Waals surface area (Å²) in [6, 6.07) is 5.07. The zero-order chi connectivity index (χ0) is 14.3. The van der Waals surface area contributed by atoms with Crippen LogP contribution in [0.1, 0.15) is 18.4 Å². The topological polar surface area (TPSA) is 78.4 Å². The highest BCUT2D eigenvalue weighted by Crippen LogP contribution is 2.20. The molecule has 0 fully saturated rings. The van der Waals surface area contributed by atoms with Gasteiger partial charge >= 0.3 is 12.0 Å². The molecule has 5 nitrogen and oxygen atoms in total. The van der Waals surface area contributed by atoms with Crippen molar-refractivity contribution in [2.75, 3.05) is 6.54 Å². The molecule has 19 heavy (non-hydrogen) atoms. The van der Waals surface area contributed by atoms with Gasteiger partial charge in [-0.25, -0.2) is 4.79 Å². The second-order valence-electron chi connectivity index (χ2n) is 3.84. The number of nitrogens with one attached hydrogen (secondary N) is 2. The molecule has 3 N–H and O–H groups in total. The van der Waals surface area contributed by atoms with Gasteiger partial charge in [0, 0.05) is 29.0 Å². The molecule has 0 saturated carbocycles. The summed E-state index contributed by atoms with van der Waals surface area (Å²) in [5.74, 6) is -0.871. The van der Waals surface area contributed by atoms with Crippen LogP contribution < -0.4 is 10.6 Å². The van der Waals surface area contributed by atoms with Gasteiger partial charge in [0.1, 0.15) is 0 Å². The Bertz CT molecular complexity index is 468. The van der Waals surface area contributed by atoms with Crippen molar-refractivity contribution in [3.05, 3.63) is 33.3 Å². The fourth-order valence-corrected chi connectivity index (χ4v) is 2.08. The van der Waals surface area contributed by atoms with Gasteiger partial charge < -0.3 is 15.7 Å². The minimum atomic E-state index is -0.871. The molecule has 0 aromatic heterocycles. The maximum atomic E-state index is 11.4. The fourth-order valence-electron chi connectivity index (χ4n) is 1.34. The van der Waals surface area contributed by atoms with Crippen molar-refractivity contribution in [2.45, 2.75) is 19.4 Å². The highest BCUT2D eigenvalue weighted by Gasteiger charge is 2.04. The van der Waals surface area contributed by atoms with Crippen LogP contribution >= 0.6 is 27.5 Å². The molecule has 0 aliphatic carbocycles. The van der Waals surface area contributed by atoms with Gasteiger partial charge in [-0.05, 0) is 24.1 Å². The first-order valence-electron chi connectivity index (χ1n) is 5.66. The van der Waals surface area contributed by atoms with E-state index in [1.165, 1.54) is 0 Å². The maximum absolute atomic E-state index is 11.4. The fraction of sp³-hybridized carbons (Fsp3) is 0.333. The van der Waals surface area contributed by atoms with E-state index in [1.54, 1.807) is 6.07 Å². The molecular weight excluding hydrogens is 336 g/mol. The molecule has 0 aliphatic rings. The van der Waals surface area contributed by atoms with E-state index in [0.717, 1.165) is 10.0 Å². The number of hydrogen-bond acceptors (Lipinski definition) is 2. The van der Waals surface area contributed by atoms with Crippen LogP contribution in [0.25, 0.3) is 0 Å². The molecule has 0 spiro atoms. The van der Waals surface area contributed by atoms with Gasteiger partial charge in [-0.15, -0.1) is 0 Å². The van der Waals surface area contributed by atoms with Crippen molar-refractivity contribution in [3.8, 4) is 0 Å². The van der Waals surface area contributed by atoms with Crippen LogP contribution in [-0.4, -0.2) is 23.7 Å². The summed E-state index contributed by atoms with van der Waals surface area (Å²) in [6.45, 7) is 0.642. The predicted octanol–water partition coefficient (Wildman–Crippen LogP) is 2.77. The maximum Gasteiger partial charge on any atom is 0.315 e. The van der Waals surface area contributed by atoms with Crippen LogP contribution in [0.5, 0.6) is 0 Å². The standard InChI is InChI=1S/C12H14BrClN2O3/c13-9-4-3-8(10(14)6-9)7-16-12(19)15-5-1-2-11(17)18/h3-4,6H,1-2,5,7H2,(H,17,18)(H2,15,16,19). The minimum absolute atomic E-state index is 0.0405. The monoisotopic (exact) mass is 348 g/mol. The van der Waals surface area contributed by atoms with E-state index in [1.807, 2.05) is 12.1 Å². The number of amides is 2. The summed E-state index contributed by atoms with van der Waals surface area (Å²) in [6.07, 6.45) is 0.445. The number of carbonyl (C=O) groups is 2. The zero-order valence-corrected chi connectivity index (χ0v) is 12.4. The molecule has 7 heteroatoms. The summed E-state index contributed by atoms with van der Waals surface area (Å²) in [5, 5.41) is 14.2. The quantitative estimate of drug-likeness (QED) is 0.691. The number of carbonyl (C=O) groups excluding carboxylic acids is 1. The van der Waals surface area contributed by atoms with Crippen molar-refractivity contribution in [1.29, 1.82) is 0 Å². The minimum Gasteiger partial charge on any atom is -0.481 e. The normalized spacial score (nSPS) is 10.0. The molecule has 0 bridgehead atoms. The van der Waals surface area contributed by atoms with Crippen LogP contribution in [0.3, 0.4) is 0 Å². The number of halogens is 2. The highest BCUT2D eigenvalue weighted by molar-refractivity contribution is 9.10. The molecule has 1 aromatic carbocycles. The number of benzene rings is 1. The molecule has 0 aliphatic heterocycles. The Balaban J connectivity index is 2.28. The first-order chi connectivity index (χ1) is 8.99. The molecule has 0 atom stereocenters. The van der Waals surface area contributed by atoms with Crippen LogP contribution in [0, 0.1) is 0 Å². The summed E-state index contributed by atoms with van der Waals surface area (Å²) in [7, 11) is 0. The van der Waals surface area contributed by atoms with E-state index < -0.39 is 5.97 Å². The Morgan fingerprint density at radius 1 is 1.32 bits per heavy atom. The lowest BCUT2D eigenvalue weighted by molar-refractivity contribution is -0.137. The summed E-state index contributed by atoms with van der Waals surface area (Å²) in [5.41, 5.74) is 0.811. The lowest BCUT2D eigenvalue weighted by Crippen LogP contribution is -2.35. The van der Waals surface area contributed by atoms with E-state index in [4.69, 9.17) is 16.7 Å². The highest BCUT2D eigenvalue weighted by atomic mass is 79.9. The molecule has 2 amide bonds. The van der Waals surface area contributed by atoms with Gasteiger partial charge in [0.2, 0.25) is 0 Å². The van der Waals surface area contributed by atoms with Crippen LogP contribution in [0.2, 0.25) is 5.02 Å². The predicted molar refractivity (Wildman–Crippen MR) is 76.3 cm³/mol. The number of carboxylic acid groups (broad SMARTS) is 1. The van der Waals surface area contributed by atoms with E-state index in [9.17, 15) is 9.59 Å². The molecule has 0 radical (unpaired) electrons. The number of carboxylic acids is 1. The van der Waals surface area contributed by atoms with Gasteiger partial charge in [0.15, 0.2) is 0 Å². The van der Waals surface area contributed by atoms with Crippen molar-refractivity contribution >= 4 is 39.5 Å². The third kappa shape index (κ3) is 6.45. The SMILES string of the molecule is O=C(O)CCCNC(=O)NCc1ccc(Br)cc1Cl. The summed E-state index contributed by atoms with van der Waals surface area (Å²) >= 11 is 9.31. The lowest BCUT2D eigenvalue weighted by Gasteiger charge is -2.08. The lowest BCUT2D eigenvalue weighted by atomic mass is 10.2. The van der Waals surface area contributed by atoms with Gasteiger partial charge in [-0.1, -0.05) is 33.6 Å². The van der Waals surface area contributed by atoms with Gasteiger partial charge in [0.05, 0.1) is 0 Å². The largest absolute Gasteiger partial charge is 0.481 e.